The maximum absolute atomic E-state index is 12.8. The third-order valence-electron chi connectivity index (χ3n) is 5.19. The van der Waals surface area contributed by atoms with Crippen LogP contribution >= 0.6 is 0 Å². The molecule has 0 N–H and O–H groups in total. The van der Waals surface area contributed by atoms with Gasteiger partial charge in [-0.15, -0.1) is 0 Å². The van der Waals surface area contributed by atoms with E-state index in [2.05, 4.69) is 0 Å². The zero-order valence-electron chi connectivity index (χ0n) is 17.4. The smallest absolute Gasteiger partial charge is 0.185 e. The minimum absolute atomic E-state index is 0.119. The molecule has 0 aliphatic carbocycles. The lowest BCUT2D eigenvalue weighted by Crippen LogP contribution is -1.95. The number of benzene rings is 3. The van der Waals surface area contributed by atoms with Crippen molar-refractivity contribution in [1.82, 2.24) is 9.78 Å². The van der Waals surface area contributed by atoms with Gasteiger partial charge in [-0.05, 0) is 48.6 Å². The topological polar surface area (TPSA) is 57.3 Å². The Bertz CT molecular complexity index is 1390. The van der Waals surface area contributed by atoms with Crippen molar-refractivity contribution in [3.63, 3.8) is 0 Å². The Morgan fingerprint density at radius 2 is 1.78 bits per heavy atom. The molecule has 156 valence electrons. The average molecular weight is 420 g/mol. The largest absolute Gasteiger partial charge is 0.497 e. The van der Waals surface area contributed by atoms with Gasteiger partial charge in [-0.2, -0.15) is 5.10 Å². The van der Waals surface area contributed by atoms with Crippen LogP contribution in [0.15, 0.2) is 102 Å². The molecule has 5 heteroatoms. The van der Waals surface area contributed by atoms with Crippen LogP contribution in [0.5, 0.6) is 5.75 Å². The van der Waals surface area contributed by atoms with E-state index in [1.165, 1.54) is 0 Å². The number of furan rings is 1. The zero-order valence-corrected chi connectivity index (χ0v) is 17.4. The molecule has 0 saturated carbocycles. The van der Waals surface area contributed by atoms with Gasteiger partial charge in [-0.25, -0.2) is 4.68 Å². The van der Waals surface area contributed by atoms with Gasteiger partial charge >= 0.3 is 0 Å². The van der Waals surface area contributed by atoms with Crippen LogP contribution in [0, 0.1) is 0 Å². The van der Waals surface area contributed by atoms with Crippen molar-refractivity contribution >= 4 is 22.8 Å². The number of hydrogen-bond acceptors (Lipinski definition) is 4. The van der Waals surface area contributed by atoms with Crippen LogP contribution in [0.4, 0.5) is 0 Å². The van der Waals surface area contributed by atoms with Gasteiger partial charge < -0.3 is 9.15 Å². The monoisotopic (exact) mass is 420 g/mol. The van der Waals surface area contributed by atoms with Crippen LogP contribution in [0.3, 0.4) is 0 Å². The molecule has 0 fully saturated rings. The first kappa shape index (κ1) is 19.6. The van der Waals surface area contributed by atoms with Crippen LogP contribution < -0.4 is 4.74 Å². The summed E-state index contributed by atoms with van der Waals surface area (Å²) >= 11 is 0. The van der Waals surface area contributed by atoms with Gasteiger partial charge in [-0.1, -0.05) is 48.5 Å². The van der Waals surface area contributed by atoms with Crippen LogP contribution in [-0.2, 0) is 0 Å². The van der Waals surface area contributed by atoms with Crippen LogP contribution in [-0.4, -0.2) is 22.7 Å². The van der Waals surface area contributed by atoms with Crippen molar-refractivity contribution in [3.05, 3.63) is 108 Å². The second-order valence-electron chi connectivity index (χ2n) is 7.29. The molecule has 0 atom stereocenters. The molecule has 0 radical (unpaired) electrons. The molecule has 0 aliphatic heterocycles. The molecule has 2 heterocycles. The Labute approximate surface area is 185 Å². The number of fused-ring (bicyclic) bond motifs is 1. The first-order valence-corrected chi connectivity index (χ1v) is 10.2. The number of nitrogens with zero attached hydrogens (tertiary/aromatic N) is 2. The fourth-order valence-electron chi connectivity index (χ4n) is 3.55. The van der Waals surface area contributed by atoms with Crippen LogP contribution in [0.1, 0.15) is 15.9 Å². The summed E-state index contributed by atoms with van der Waals surface area (Å²) in [5.41, 5.74) is 3.72. The highest BCUT2D eigenvalue weighted by Gasteiger charge is 2.15. The quantitative estimate of drug-likeness (QED) is 0.243. The summed E-state index contributed by atoms with van der Waals surface area (Å²) in [5, 5.41) is 5.76. The molecule has 3 aromatic carbocycles. The first-order chi connectivity index (χ1) is 15.7. The predicted octanol–water partition coefficient (Wildman–Crippen LogP) is 6.19. The zero-order chi connectivity index (χ0) is 21.9. The Balaban J connectivity index is 1.56. The molecule has 0 bridgehead atoms. The van der Waals surface area contributed by atoms with Gasteiger partial charge in [0.05, 0.1) is 12.8 Å². The maximum Gasteiger partial charge on any atom is 0.185 e. The number of ether oxygens (including phenoxy) is 1. The molecule has 5 nitrogen and oxygen atoms in total. The SMILES string of the molecule is COc1cccc(C(=O)/C=C/c2cn(-c3ccccc3)nc2-c2cc3ccccc3o2)c1. The summed E-state index contributed by atoms with van der Waals surface area (Å²) in [4.78, 5) is 12.8. The molecule has 0 aliphatic rings. The summed E-state index contributed by atoms with van der Waals surface area (Å²) < 4.78 is 13.1. The van der Waals surface area contributed by atoms with E-state index in [0.717, 1.165) is 22.2 Å². The van der Waals surface area contributed by atoms with Crippen molar-refractivity contribution in [2.75, 3.05) is 7.11 Å². The molecule has 0 unspecified atom stereocenters. The first-order valence-electron chi connectivity index (χ1n) is 10.2. The lowest BCUT2D eigenvalue weighted by molar-refractivity contribution is 0.104. The molecule has 2 aromatic heterocycles. The molecular weight excluding hydrogens is 400 g/mol. The summed E-state index contributed by atoms with van der Waals surface area (Å²) in [6.07, 6.45) is 5.22. The highest BCUT2D eigenvalue weighted by molar-refractivity contribution is 6.07. The predicted molar refractivity (Wildman–Crippen MR) is 125 cm³/mol. The molecule has 0 amide bonds. The third-order valence-corrected chi connectivity index (χ3v) is 5.19. The van der Waals surface area contributed by atoms with Crippen molar-refractivity contribution in [1.29, 1.82) is 0 Å². The summed E-state index contributed by atoms with van der Waals surface area (Å²) in [6, 6.07) is 26.7. The van der Waals surface area contributed by atoms with E-state index in [0.29, 0.717) is 22.8 Å². The molecule has 0 saturated heterocycles. The third kappa shape index (κ3) is 3.84. The maximum atomic E-state index is 12.8. The second-order valence-corrected chi connectivity index (χ2v) is 7.29. The van der Waals surface area contributed by atoms with E-state index in [4.69, 9.17) is 14.3 Å². The van der Waals surface area contributed by atoms with Gasteiger partial charge in [0.2, 0.25) is 0 Å². The van der Waals surface area contributed by atoms with Gasteiger partial charge in [0.1, 0.15) is 17.0 Å². The summed E-state index contributed by atoms with van der Waals surface area (Å²) in [6.45, 7) is 0. The number of carbonyl (C=O) groups excluding carboxylic acids is 1. The van der Waals surface area contributed by atoms with Gasteiger partial charge in [0.15, 0.2) is 11.5 Å². The van der Waals surface area contributed by atoms with E-state index >= 15 is 0 Å². The number of hydrogen-bond donors (Lipinski definition) is 0. The van der Waals surface area contributed by atoms with Crippen molar-refractivity contribution in [2.45, 2.75) is 0 Å². The van der Waals surface area contributed by atoms with Gasteiger partial charge in [-0.3, -0.25) is 4.79 Å². The van der Waals surface area contributed by atoms with Crippen molar-refractivity contribution in [3.8, 4) is 22.9 Å². The summed E-state index contributed by atoms with van der Waals surface area (Å²) in [5.74, 6) is 1.17. The van der Waals surface area contributed by atoms with Gasteiger partial charge in [0.25, 0.3) is 0 Å². The fraction of sp³-hybridized carbons (Fsp3) is 0.0370. The highest BCUT2D eigenvalue weighted by atomic mass is 16.5. The van der Waals surface area contributed by atoms with E-state index < -0.39 is 0 Å². The Kier molecular flexibility index (Phi) is 5.14. The number of para-hydroxylation sites is 2. The Morgan fingerprint density at radius 3 is 2.59 bits per heavy atom. The summed E-state index contributed by atoms with van der Waals surface area (Å²) in [7, 11) is 1.58. The number of allylic oxidation sites excluding steroid dienone is 1. The number of carbonyl (C=O) groups is 1. The Morgan fingerprint density at radius 1 is 0.969 bits per heavy atom. The Hall–Kier alpha value is -4.38. The number of ketones is 1. The average Bonchev–Trinajstić information content (AvgIpc) is 3.47. The minimum Gasteiger partial charge on any atom is -0.497 e. The lowest BCUT2D eigenvalue weighted by Gasteiger charge is -2.01. The van der Waals surface area contributed by atoms with E-state index in [9.17, 15) is 4.79 Å². The van der Waals surface area contributed by atoms with E-state index in [1.54, 1.807) is 42.1 Å². The van der Waals surface area contributed by atoms with Crippen LogP contribution in [0.25, 0.3) is 34.2 Å². The van der Waals surface area contributed by atoms with Gasteiger partial charge in [0, 0.05) is 22.7 Å². The van der Waals surface area contributed by atoms with E-state index in [1.807, 2.05) is 72.9 Å². The number of rotatable bonds is 6. The fourth-order valence-corrected chi connectivity index (χ4v) is 3.55. The molecule has 5 rings (SSSR count). The second kappa shape index (κ2) is 8.40. The van der Waals surface area contributed by atoms with E-state index in [-0.39, 0.29) is 5.78 Å². The lowest BCUT2D eigenvalue weighted by atomic mass is 10.1. The van der Waals surface area contributed by atoms with Crippen LogP contribution in [0.2, 0.25) is 0 Å². The van der Waals surface area contributed by atoms with Crippen molar-refractivity contribution in [2.24, 2.45) is 0 Å². The highest BCUT2D eigenvalue weighted by Crippen LogP contribution is 2.30. The molecular formula is C27H20N2O3. The molecule has 5 aromatic rings. The van der Waals surface area contributed by atoms with Crippen molar-refractivity contribution < 1.29 is 13.9 Å². The number of aromatic nitrogens is 2. The number of methoxy groups -OCH3 is 1. The molecule has 0 spiro atoms. The molecule has 32 heavy (non-hydrogen) atoms. The normalized spacial score (nSPS) is 11.3. The minimum atomic E-state index is -0.119. The standard InChI is InChI=1S/C27H20N2O3/c1-31-23-12-7-9-19(16-23)24(30)15-14-21-18-29(22-10-3-2-4-11-22)28-27(21)26-17-20-8-5-6-13-25(20)32-26/h2-18H,1H3/b15-14+.